The first-order chi connectivity index (χ1) is 12.6. The lowest BCUT2D eigenvalue weighted by atomic mass is 10.2. The molecule has 1 aliphatic heterocycles. The van der Waals surface area contributed by atoms with Gasteiger partial charge in [-0.25, -0.2) is 13.4 Å². The molecule has 1 fully saturated rings. The van der Waals surface area contributed by atoms with Crippen molar-refractivity contribution in [1.29, 1.82) is 0 Å². The minimum Gasteiger partial charge on any atom is -0.366 e. The van der Waals surface area contributed by atoms with Crippen molar-refractivity contribution >= 4 is 26.7 Å². The van der Waals surface area contributed by atoms with Gasteiger partial charge in [-0.05, 0) is 48.7 Å². The molecule has 134 valence electrons. The summed E-state index contributed by atoms with van der Waals surface area (Å²) >= 11 is 0. The van der Waals surface area contributed by atoms with Crippen molar-refractivity contribution in [2.45, 2.75) is 24.3 Å². The van der Waals surface area contributed by atoms with Crippen LogP contribution in [-0.4, -0.2) is 30.8 Å². The van der Waals surface area contributed by atoms with Crippen LogP contribution in [0.3, 0.4) is 0 Å². The maximum Gasteiger partial charge on any atom is 0.243 e. The summed E-state index contributed by atoms with van der Waals surface area (Å²) in [5, 5.41) is 4.13. The van der Waals surface area contributed by atoms with Crippen molar-refractivity contribution < 1.29 is 8.42 Å². The van der Waals surface area contributed by atoms with Crippen LogP contribution in [0.2, 0.25) is 0 Å². The van der Waals surface area contributed by atoms with Gasteiger partial charge < -0.3 is 5.32 Å². The van der Waals surface area contributed by atoms with E-state index in [1.807, 2.05) is 30.3 Å². The highest BCUT2D eigenvalue weighted by molar-refractivity contribution is 7.89. The first-order valence-electron chi connectivity index (χ1n) is 8.82. The molecular weight excluding hydrogens is 346 g/mol. The lowest BCUT2D eigenvalue weighted by Crippen LogP contribution is -2.27. The molecule has 0 bridgehead atoms. The van der Waals surface area contributed by atoms with E-state index < -0.39 is 10.0 Å². The SMILES string of the molecule is O=S(=O)(c1ccc2nc(NCc3ccccc3)ccc2c1)N1CCCC1. The number of rotatable bonds is 5. The van der Waals surface area contributed by atoms with E-state index in [0.717, 1.165) is 29.6 Å². The highest BCUT2D eigenvalue weighted by Crippen LogP contribution is 2.24. The number of pyridine rings is 1. The molecule has 4 rings (SSSR count). The zero-order valence-electron chi connectivity index (χ0n) is 14.4. The molecular formula is C20H21N3O2S. The average molecular weight is 367 g/mol. The van der Waals surface area contributed by atoms with Gasteiger partial charge in [0.1, 0.15) is 5.82 Å². The van der Waals surface area contributed by atoms with E-state index in [1.165, 1.54) is 5.56 Å². The van der Waals surface area contributed by atoms with Gasteiger partial charge in [-0.1, -0.05) is 30.3 Å². The van der Waals surface area contributed by atoms with E-state index in [4.69, 9.17) is 0 Å². The van der Waals surface area contributed by atoms with Crippen molar-refractivity contribution in [3.05, 3.63) is 66.2 Å². The van der Waals surface area contributed by atoms with Crippen molar-refractivity contribution in [1.82, 2.24) is 9.29 Å². The fraction of sp³-hybridized carbons (Fsp3) is 0.250. The molecule has 0 radical (unpaired) electrons. The molecule has 1 saturated heterocycles. The molecule has 0 unspecified atom stereocenters. The Kier molecular flexibility index (Phi) is 4.61. The monoisotopic (exact) mass is 367 g/mol. The third-order valence-corrected chi connectivity index (χ3v) is 6.57. The van der Waals surface area contributed by atoms with Gasteiger partial charge in [-0.3, -0.25) is 0 Å². The standard InChI is InChI=1S/C20H21N3O2S/c24-26(25,23-12-4-5-13-23)18-9-10-19-17(14-18)8-11-20(22-19)21-15-16-6-2-1-3-7-16/h1-3,6-11,14H,4-5,12-13,15H2,(H,21,22). The second-order valence-electron chi connectivity index (χ2n) is 6.50. The Morgan fingerprint density at radius 3 is 2.50 bits per heavy atom. The average Bonchev–Trinajstić information content (AvgIpc) is 3.22. The summed E-state index contributed by atoms with van der Waals surface area (Å²) in [6.45, 7) is 1.92. The molecule has 0 saturated carbocycles. The normalized spacial score (nSPS) is 15.4. The molecule has 0 aliphatic carbocycles. The Morgan fingerprint density at radius 2 is 1.73 bits per heavy atom. The van der Waals surface area contributed by atoms with Crippen molar-refractivity contribution in [2.24, 2.45) is 0 Å². The topological polar surface area (TPSA) is 62.3 Å². The molecule has 0 amide bonds. The molecule has 5 nitrogen and oxygen atoms in total. The van der Waals surface area contributed by atoms with E-state index in [2.05, 4.69) is 22.4 Å². The molecule has 6 heteroatoms. The van der Waals surface area contributed by atoms with Crippen LogP contribution in [0.15, 0.2) is 65.6 Å². The first-order valence-corrected chi connectivity index (χ1v) is 10.3. The number of nitrogens with zero attached hydrogens (tertiary/aromatic N) is 2. The minimum absolute atomic E-state index is 0.346. The molecule has 1 aliphatic rings. The second-order valence-corrected chi connectivity index (χ2v) is 8.44. The van der Waals surface area contributed by atoms with Crippen LogP contribution >= 0.6 is 0 Å². The molecule has 1 N–H and O–H groups in total. The summed E-state index contributed by atoms with van der Waals surface area (Å²) in [7, 11) is -3.40. The maximum absolute atomic E-state index is 12.7. The van der Waals surface area contributed by atoms with E-state index in [-0.39, 0.29) is 0 Å². The van der Waals surface area contributed by atoms with Crippen LogP contribution in [0.1, 0.15) is 18.4 Å². The largest absolute Gasteiger partial charge is 0.366 e. The summed E-state index contributed by atoms with van der Waals surface area (Å²) in [5.41, 5.74) is 1.96. The Balaban J connectivity index is 1.56. The molecule has 3 aromatic rings. The summed E-state index contributed by atoms with van der Waals surface area (Å²) < 4.78 is 27.0. The minimum atomic E-state index is -3.40. The van der Waals surface area contributed by atoms with Crippen LogP contribution in [-0.2, 0) is 16.6 Å². The Labute approximate surface area is 153 Å². The quantitative estimate of drug-likeness (QED) is 0.748. The smallest absolute Gasteiger partial charge is 0.243 e. The molecule has 0 spiro atoms. The number of hydrogen-bond donors (Lipinski definition) is 1. The fourth-order valence-electron chi connectivity index (χ4n) is 3.23. The summed E-state index contributed by atoms with van der Waals surface area (Å²) in [6, 6.07) is 19.1. The van der Waals surface area contributed by atoms with Gasteiger partial charge in [0.25, 0.3) is 0 Å². The Hall–Kier alpha value is -2.44. The van der Waals surface area contributed by atoms with Gasteiger partial charge in [-0.2, -0.15) is 4.31 Å². The lowest BCUT2D eigenvalue weighted by molar-refractivity contribution is 0.477. The van der Waals surface area contributed by atoms with Crippen LogP contribution in [0.4, 0.5) is 5.82 Å². The van der Waals surface area contributed by atoms with Crippen molar-refractivity contribution in [2.75, 3.05) is 18.4 Å². The van der Waals surface area contributed by atoms with E-state index >= 15 is 0 Å². The van der Waals surface area contributed by atoms with Gasteiger partial charge in [0.2, 0.25) is 10.0 Å². The number of sulfonamides is 1. The predicted molar refractivity (Wildman–Crippen MR) is 104 cm³/mol. The summed E-state index contributed by atoms with van der Waals surface area (Å²) in [5.74, 6) is 0.775. The first kappa shape index (κ1) is 17.0. The van der Waals surface area contributed by atoms with Gasteiger partial charge in [0.15, 0.2) is 0 Å². The van der Waals surface area contributed by atoms with Crippen molar-refractivity contribution in [3.63, 3.8) is 0 Å². The molecule has 2 aromatic carbocycles. The molecule has 1 aromatic heterocycles. The van der Waals surface area contributed by atoms with Crippen LogP contribution < -0.4 is 5.32 Å². The van der Waals surface area contributed by atoms with E-state index in [9.17, 15) is 8.42 Å². The molecule has 26 heavy (non-hydrogen) atoms. The van der Waals surface area contributed by atoms with Gasteiger partial charge in [-0.15, -0.1) is 0 Å². The highest BCUT2D eigenvalue weighted by atomic mass is 32.2. The zero-order chi connectivity index (χ0) is 18.0. The number of aromatic nitrogens is 1. The maximum atomic E-state index is 12.7. The number of anilines is 1. The van der Waals surface area contributed by atoms with E-state index in [1.54, 1.807) is 22.5 Å². The van der Waals surface area contributed by atoms with Crippen LogP contribution in [0.5, 0.6) is 0 Å². The number of nitrogens with one attached hydrogen (secondary N) is 1. The number of benzene rings is 2. The second kappa shape index (κ2) is 7.05. The van der Waals surface area contributed by atoms with Crippen molar-refractivity contribution in [3.8, 4) is 0 Å². The predicted octanol–water partition coefficient (Wildman–Crippen LogP) is 3.63. The Bertz CT molecular complexity index is 1010. The van der Waals surface area contributed by atoms with Crippen LogP contribution in [0, 0.1) is 0 Å². The van der Waals surface area contributed by atoms with Gasteiger partial charge in [0, 0.05) is 25.0 Å². The third kappa shape index (κ3) is 3.43. The highest BCUT2D eigenvalue weighted by Gasteiger charge is 2.27. The van der Waals surface area contributed by atoms with Crippen LogP contribution in [0.25, 0.3) is 10.9 Å². The Morgan fingerprint density at radius 1 is 0.962 bits per heavy atom. The zero-order valence-corrected chi connectivity index (χ0v) is 15.2. The third-order valence-electron chi connectivity index (χ3n) is 4.68. The number of fused-ring (bicyclic) bond motifs is 1. The number of hydrogen-bond acceptors (Lipinski definition) is 4. The molecule has 2 heterocycles. The summed E-state index contributed by atoms with van der Waals surface area (Å²) in [6.07, 6.45) is 1.87. The summed E-state index contributed by atoms with van der Waals surface area (Å²) in [4.78, 5) is 4.94. The molecule has 0 atom stereocenters. The fourth-order valence-corrected chi connectivity index (χ4v) is 4.78. The van der Waals surface area contributed by atoms with Gasteiger partial charge in [0.05, 0.1) is 10.4 Å². The van der Waals surface area contributed by atoms with Gasteiger partial charge >= 0.3 is 0 Å². The van der Waals surface area contributed by atoms with E-state index in [0.29, 0.717) is 24.5 Å². The lowest BCUT2D eigenvalue weighted by Gasteiger charge is -2.15.